The second-order valence-corrected chi connectivity index (χ2v) is 5.41. The fourth-order valence-electron chi connectivity index (χ4n) is 2.72. The van der Waals surface area contributed by atoms with Crippen LogP contribution in [0.15, 0.2) is 6.20 Å². The van der Waals surface area contributed by atoms with Crippen molar-refractivity contribution in [2.75, 3.05) is 12.8 Å². The summed E-state index contributed by atoms with van der Waals surface area (Å²) in [6, 6.07) is 0.334. The summed E-state index contributed by atoms with van der Waals surface area (Å²) in [5, 5.41) is 4.02. The molecule has 0 aromatic carbocycles. The molecule has 2 rings (SSSR count). The molecule has 2 unspecified atom stereocenters. The molecule has 0 spiro atoms. The Morgan fingerprint density at radius 3 is 2.83 bits per heavy atom. The second kappa shape index (κ2) is 5.00. The van der Waals surface area contributed by atoms with Crippen LogP contribution in [0.4, 0.5) is 5.82 Å². The molecule has 1 aromatic heterocycles. The van der Waals surface area contributed by atoms with Crippen molar-refractivity contribution >= 4 is 11.7 Å². The van der Waals surface area contributed by atoms with E-state index in [1.165, 1.54) is 17.5 Å². The summed E-state index contributed by atoms with van der Waals surface area (Å²) in [4.78, 5) is 14.2. The van der Waals surface area contributed by atoms with E-state index in [0.717, 1.165) is 12.8 Å². The number of rotatable bonds is 2. The van der Waals surface area contributed by atoms with Crippen LogP contribution >= 0.6 is 0 Å². The molecule has 1 saturated carbocycles. The standard InChI is InChI=1S/C13H22N4O/c1-9-5-4-6-10(7-9)16(2)13(18)11-8-15-17(3)12(11)14/h8-10H,4-7,14H2,1-3H3. The number of aromatic nitrogens is 2. The Kier molecular flexibility index (Phi) is 3.59. The highest BCUT2D eigenvalue weighted by molar-refractivity contribution is 5.98. The second-order valence-electron chi connectivity index (χ2n) is 5.41. The first-order valence-corrected chi connectivity index (χ1v) is 6.55. The molecule has 1 amide bonds. The molecule has 0 aliphatic heterocycles. The summed E-state index contributed by atoms with van der Waals surface area (Å²) in [6.45, 7) is 2.25. The van der Waals surface area contributed by atoms with Crippen LogP contribution in [0.1, 0.15) is 43.0 Å². The third-order valence-corrected chi connectivity index (χ3v) is 3.99. The number of aryl methyl sites for hydroxylation is 1. The van der Waals surface area contributed by atoms with Gasteiger partial charge in [-0.1, -0.05) is 19.8 Å². The highest BCUT2D eigenvalue weighted by Gasteiger charge is 2.27. The fourth-order valence-corrected chi connectivity index (χ4v) is 2.72. The van der Waals surface area contributed by atoms with Gasteiger partial charge in [0.2, 0.25) is 0 Å². The van der Waals surface area contributed by atoms with Gasteiger partial charge in [-0.05, 0) is 18.8 Å². The molecule has 1 aliphatic carbocycles. The Hall–Kier alpha value is -1.52. The van der Waals surface area contributed by atoms with Crippen LogP contribution in [0, 0.1) is 5.92 Å². The van der Waals surface area contributed by atoms with E-state index in [-0.39, 0.29) is 5.91 Å². The topological polar surface area (TPSA) is 64.2 Å². The van der Waals surface area contributed by atoms with Gasteiger partial charge >= 0.3 is 0 Å². The van der Waals surface area contributed by atoms with E-state index in [2.05, 4.69) is 12.0 Å². The van der Waals surface area contributed by atoms with E-state index in [9.17, 15) is 4.79 Å². The zero-order valence-electron chi connectivity index (χ0n) is 11.4. The van der Waals surface area contributed by atoms with Crippen molar-refractivity contribution in [3.63, 3.8) is 0 Å². The fraction of sp³-hybridized carbons (Fsp3) is 0.692. The number of anilines is 1. The minimum absolute atomic E-state index is 0.0142. The molecule has 1 aliphatic rings. The van der Waals surface area contributed by atoms with Crippen molar-refractivity contribution in [3.05, 3.63) is 11.8 Å². The average Bonchev–Trinajstić information content (AvgIpc) is 2.68. The van der Waals surface area contributed by atoms with E-state index < -0.39 is 0 Å². The minimum Gasteiger partial charge on any atom is -0.383 e. The molecule has 0 radical (unpaired) electrons. The number of nitrogen functional groups attached to an aromatic ring is 1. The molecule has 2 atom stereocenters. The van der Waals surface area contributed by atoms with Gasteiger partial charge in [0.05, 0.1) is 6.20 Å². The average molecular weight is 250 g/mol. The van der Waals surface area contributed by atoms with Crippen molar-refractivity contribution in [1.29, 1.82) is 0 Å². The Balaban J connectivity index is 2.11. The Labute approximate surface area is 108 Å². The van der Waals surface area contributed by atoms with E-state index in [1.54, 1.807) is 13.2 Å². The lowest BCUT2D eigenvalue weighted by Crippen LogP contribution is -2.40. The van der Waals surface area contributed by atoms with Gasteiger partial charge in [0.1, 0.15) is 11.4 Å². The minimum atomic E-state index is -0.0142. The lowest BCUT2D eigenvalue weighted by atomic mass is 9.86. The maximum Gasteiger partial charge on any atom is 0.259 e. The van der Waals surface area contributed by atoms with Crippen molar-refractivity contribution in [1.82, 2.24) is 14.7 Å². The highest BCUT2D eigenvalue weighted by Crippen LogP contribution is 2.27. The summed E-state index contributed by atoms with van der Waals surface area (Å²) in [5.74, 6) is 1.13. The molecule has 18 heavy (non-hydrogen) atoms. The van der Waals surface area contributed by atoms with Gasteiger partial charge in [0.15, 0.2) is 0 Å². The van der Waals surface area contributed by atoms with Crippen LogP contribution < -0.4 is 5.73 Å². The molecular weight excluding hydrogens is 228 g/mol. The number of amides is 1. The summed E-state index contributed by atoms with van der Waals surface area (Å²) in [5.41, 5.74) is 6.36. The van der Waals surface area contributed by atoms with Crippen molar-refractivity contribution in [2.45, 2.75) is 38.6 Å². The molecular formula is C13H22N4O. The summed E-state index contributed by atoms with van der Waals surface area (Å²) < 4.78 is 1.53. The number of carbonyl (C=O) groups excluding carboxylic acids is 1. The van der Waals surface area contributed by atoms with Crippen LogP contribution in [-0.2, 0) is 7.05 Å². The predicted molar refractivity (Wildman–Crippen MR) is 71.1 cm³/mol. The van der Waals surface area contributed by atoms with Gasteiger partial charge in [-0.15, -0.1) is 0 Å². The zero-order valence-corrected chi connectivity index (χ0v) is 11.4. The predicted octanol–water partition coefficient (Wildman–Crippen LogP) is 1.65. The molecule has 5 nitrogen and oxygen atoms in total. The number of hydrogen-bond donors (Lipinski definition) is 1. The van der Waals surface area contributed by atoms with Gasteiger partial charge in [-0.2, -0.15) is 5.10 Å². The van der Waals surface area contributed by atoms with Gasteiger partial charge in [-0.3, -0.25) is 9.48 Å². The summed E-state index contributed by atoms with van der Waals surface area (Å²) >= 11 is 0. The lowest BCUT2D eigenvalue weighted by Gasteiger charge is -2.34. The van der Waals surface area contributed by atoms with Gasteiger partial charge in [0.25, 0.3) is 5.91 Å². The maximum atomic E-state index is 12.4. The van der Waals surface area contributed by atoms with E-state index in [0.29, 0.717) is 23.3 Å². The molecule has 1 heterocycles. The van der Waals surface area contributed by atoms with Crippen molar-refractivity contribution in [3.8, 4) is 0 Å². The van der Waals surface area contributed by atoms with Crippen LogP contribution in [0.3, 0.4) is 0 Å². The molecule has 100 valence electrons. The Morgan fingerprint density at radius 2 is 2.28 bits per heavy atom. The largest absolute Gasteiger partial charge is 0.383 e. The third kappa shape index (κ3) is 2.35. The number of nitrogens with zero attached hydrogens (tertiary/aromatic N) is 3. The van der Waals surface area contributed by atoms with Crippen LogP contribution in [0.25, 0.3) is 0 Å². The zero-order chi connectivity index (χ0) is 13.3. The highest BCUT2D eigenvalue weighted by atomic mass is 16.2. The van der Waals surface area contributed by atoms with Gasteiger partial charge in [0, 0.05) is 20.1 Å². The van der Waals surface area contributed by atoms with Crippen LogP contribution in [-0.4, -0.2) is 33.7 Å². The van der Waals surface area contributed by atoms with E-state index >= 15 is 0 Å². The molecule has 0 bridgehead atoms. The maximum absolute atomic E-state index is 12.4. The molecule has 1 fully saturated rings. The molecule has 1 aromatic rings. The third-order valence-electron chi connectivity index (χ3n) is 3.99. The number of carbonyl (C=O) groups is 1. The Bertz CT molecular complexity index is 440. The van der Waals surface area contributed by atoms with Crippen LogP contribution in [0.5, 0.6) is 0 Å². The van der Waals surface area contributed by atoms with Gasteiger partial charge in [-0.25, -0.2) is 0 Å². The first-order valence-electron chi connectivity index (χ1n) is 6.55. The first-order chi connectivity index (χ1) is 8.50. The molecule has 2 N–H and O–H groups in total. The first kappa shape index (κ1) is 12.9. The quantitative estimate of drug-likeness (QED) is 0.868. The van der Waals surface area contributed by atoms with Crippen LogP contribution in [0.2, 0.25) is 0 Å². The van der Waals surface area contributed by atoms with Crippen molar-refractivity contribution in [2.24, 2.45) is 13.0 Å². The molecule has 0 saturated heterocycles. The lowest BCUT2D eigenvalue weighted by molar-refractivity contribution is 0.0673. The summed E-state index contributed by atoms with van der Waals surface area (Å²) in [7, 11) is 3.62. The Morgan fingerprint density at radius 1 is 1.56 bits per heavy atom. The normalized spacial score (nSPS) is 23.9. The van der Waals surface area contributed by atoms with Gasteiger partial charge < -0.3 is 10.6 Å². The SMILES string of the molecule is CC1CCCC(N(C)C(=O)c2cnn(C)c2N)C1. The number of nitrogens with two attached hydrogens (primary N) is 1. The summed E-state index contributed by atoms with van der Waals surface area (Å²) in [6.07, 6.45) is 6.20. The smallest absolute Gasteiger partial charge is 0.259 e. The van der Waals surface area contributed by atoms with E-state index in [4.69, 9.17) is 5.73 Å². The monoisotopic (exact) mass is 250 g/mol. The van der Waals surface area contributed by atoms with Crippen molar-refractivity contribution < 1.29 is 4.79 Å². The molecule has 5 heteroatoms. The number of hydrogen-bond acceptors (Lipinski definition) is 3. The van der Waals surface area contributed by atoms with E-state index in [1.807, 2.05) is 11.9 Å².